The van der Waals surface area contributed by atoms with Gasteiger partial charge in [0.25, 0.3) is 0 Å². The van der Waals surface area contributed by atoms with Crippen LogP contribution in [0, 0.1) is 28.6 Å². The molecule has 138 valence electrons. The van der Waals surface area contributed by atoms with Gasteiger partial charge in [-0.1, -0.05) is 52.2 Å². The van der Waals surface area contributed by atoms with E-state index in [0.29, 0.717) is 11.3 Å². The van der Waals surface area contributed by atoms with E-state index in [1.807, 2.05) is 0 Å². The Hall–Kier alpha value is -0.790. The number of ether oxygens (including phenoxy) is 1. The van der Waals surface area contributed by atoms with Crippen LogP contribution in [0.5, 0.6) is 0 Å². The molecular weight excluding hydrogens is 296 g/mol. The number of hydrogen-bond acceptors (Lipinski definition) is 2. The van der Waals surface area contributed by atoms with Crippen LogP contribution in [0.15, 0.2) is 11.1 Å². The zero-order valence-corrected chi connectivity index (χ0v) is 17.0. The highest BCUT2D eigenvalue weighted by Gasteiger charge is 2.57. The molecule has 2 aliphatic carbocycles. The van der Waals surface area contributed by atoms with Crippen LogP contribution in [-0.4, -0.2) is 13.1 Å². The lowest BCUT2D eigenvalue weighted by atomic mass is 9.46. The third-order valence-electron chi connectivity index (χ3n) is 7.51. The van der Waals surface area contributed by atoms with Crippen molar-refractivity contribution in [3.8, 4) is 0 Å². The van der Waals surface area contributed by atoms with Crippen molar-refractivity contribution in [2.45, 2.75) is 86.5 Å². The van der Waals surface area contributed by atoms with E-state index in [2.05, 4.69) is 41.5 Å². The normalized spacial score (nSPS) is 33.8. The number of allylic oxidation sites excluding steroid dienone is 2. The Morgan fingerprint density at radius 3 is 2.54 bits per heavy atom. The average molecular weight is 335 g/mol. The predicted octanol–water partition coefficient (Wildman–Crippen LogP) is 6.15. The molecule has 0 aliphatic heterocycles. The van der Waals surface area contributed by atoms with Crippen LogP contribution in [0.3, 0.4) is 0 Å². The van der Waals surface area contributed by atoms with Crippen molar-refractivity contribution in [3.05, 3.63) is 11.1 Å². The molecule has 0 aromatic carbocycles. The molecule has 0 heterocycles. The third-order valence-corrected chi connectivity index (χ3v) is 7.51. The van der Waals surface area contributed by atoms with Crippen LogP contribution in [0.2, 0.25) is 0 Å². The molecule has 2 rings (SSSR count). The van der Waals surface area contributed by atoms with E-state index in [1.54, 1.807) is 18.3 Å². The van der Waals surface area contributed by atoms with Gasteiger partial charge in [0.1, 0.15) is 0 Å². The minimum atomic E-state index is -0.0232. The second-order valence-electron chi connectivity index (χ2n) is 9.29. The number of methoxy groups -OCH3 is 1. The topological polar surface area (TPSA) is 26.3 Å². The second-order valence-corrected chi connectivity index (χ2v) is 9.29. The maximum Gasteiger partial charge on any atom is 0.309 e. The van der Waals surface area contributed by atoms with Gasteiger partial charge in [-0.15, -0.1) is 0 Å². The van der Waals surface area contributed by atoms with Gasteiger partial charge in [0.05, 0.1) is 13.0 Å². The van der Waals surface area contributed by atoms with Crippen LogP contribution in [0.4, 0.5) is 0 Å². The summed E-state index contributed by atoms with van der Waals surface area (Å²) in [5.41, 5.74) is 3.41. The first-order chi connectivity index (χ1) is 11.2. The summed E-state index contributed by atoms with van der Waals surface area (Å²) in [6.07, 6.45) is 8.14. The molecule has 0 bridgehead atoms. The van der Waals surface area contributed by atoms with Crippen LogP contribution < -0.4 is 0 Å². The van der Waals surface area contributed by atoms with E-state index in [9.17, 15) is 4.79 Å². The van der Waals surface area contributed by atoms with Crippen LogP contribution in [0.25, 0.3) is 0 Å². The Bertz CT molecular complexity index is 502. The van der Waals surface area contributed by atoms with Crippen LogP contribution in [-0.2, 0) is 9.53 Å². The SMILES string of the molecule is CC[C@@H](C)CCC1=C(C)CC[C@@H]2C(C)(C)CCC(C(=O)OC)[C@]12C. The lowest BCUT2D eigenvalue weighted by Crippen LogP contribution is -2.53. The van der Waals surface area contributed by atoms with Gasteiger partial charge in [0, 0.05) is 5.41 Å². The summed E-state index contributed by atoms with van der Waals surface area (Å²) < 4.78 is 5.24. The summed E-state index contributed by atoms with van der Waals surface area (Å²) in [5.74, 6) is 1.37. The molecule has 0 saturated heterocycles. The van der Waals surface area contributed by atoms with E-state index in [0.717, 1.165) is 25.2 Å². The minimum absolute atomic E-state index is 0.00809. The van der Waals surface area contributed by atoms with Crippen molar-refractivity contribution in [2.75, 3.05) is 7.11 Å². The van der Waals surface area contributed by atoms with Gasteiger partial charge in [-0.05, 0) is 62.7 Å². The Kier molecular flexibility index (Phi) is 5.87. The number of esters is 1. The Morgan fingerprint density at radius 1 is 1.29 bits per heavy atom. The molecule has 2 nitrogen and oxygen atoms in total. The molecule has 0 aromatic rings. The summed E-state index contributed by atoms with van der Waals surface area (Å²) in [6, 6.07) is 0. The van der Waals surface area contributed by atoms with Crippen LogP contribution >= 0.6 is 0 Å². The van der Waals surface area contributed by atoms with Gasteiger partial charge < -0.3 is 4.74 Å². The largest absolute Gasteiger partial charge is 0.469 e. The number of carbonyl (C=O) groups excluding carboxylic acids is 1. The van der Waals surface area contributed by atoms with Crippen molar-refractivity contribution >= 4 is 5.97 Å². The molecule has 1 saturated carbocycles. The lowest BCUT2D eigenvalue weighted by molar-refractivity contribution is -0.157. The summed E-state index contributed by atoms with van der Waals surface area (Å²) in [6.45, 7) is 14.1. The van der Waals surface area contributed by atoms with E-state index < -0.39 is 0 Å². The molecule has 2 heteroatoms. The Balaban J connectivity index is 2.44. The molecule has 0 radical (unpaired) electrons. The van der Waals surface area contributed by atoms with E-state index in [1.165, 1.54) is 25.7 Å². The van der Waals surface area contributed by atoms with Gasteiger partial charge >= 0.3 is 5.97 Å². The quantitative estimate of drug-likeness (QED) is 0.445. The predicted molar refractivity (Wildman–Crippen MR) is 101 cm³/mol. The highest BCUT2D eigenvalue weighted by Crippen LogP contribution is 2.62. The lowest BCUT2D eigenvalue weighted by Gasteiger charge is -2.58. The first-order valence-electron chi connectivity index (χ1n) is 9.95. The third kappa shape index (κ3) is 3.30. The van der Waals surface area contributed by atoms with Gasteiger partial charge in [0.15, 0.2) is 0 Å². The number of rotatable bonds is 5. The Morgan fingerprint density at radius 2 is 1.96 bits per heavy atom. The maximum absolute atomic E-state index is 12.6. The first kappa shape index (κ1) is 19.5. The molecule has 0 aromatic heterocycles. The summed E-state index contributed by atoms with van der Waals surface area (Å²) in [7, 11) is 1.55. The minimum Gasteiger partial charge on any atom is -0.469 e. The molecule has 1 fully saturated rings. The molecule has 4 atom stereocenters. The van der Waals surface area contributed by atoms with Crippen molar-refractivity contribution in [3.63, 3.8) is 0 Å². The fourth-order valence-corrected chi connectivity index (χ4v) is 5.71. The summed E-state index contributed by atoms with van der Waals surface area (Å²) in [5, 5.41) is 0. The molecule has 24 heavy (non-hydrogen) atoms. The first-order valence-corrected chi connectivity index (χ1v) is 9.95. The van der Waals surface area contributed by atoms with E-state index >= 15 is 0 Å². The van der Waals surface area contributed by atoms with Gasteiger partial charge in [0.2, 0.25) is 0 Å². The number of carbonyl (C=O) groups is 1. The standard InChI is InChI=1S/C22H38O2/c1-8-15(2)9-11-17-16(3)10-12-19-21(4,5)14-13-18(20(23)24-7)22(17,19)6/h15,18-19H,8-14H2,1-7H3/t15-,18?,19-,22+/m1/s1. The molecule has 0 N–H and O–H groups in total. The van der Waals surface area contributed by atoms with Crippen molar-refractivity contribution in [1.29, 1.82) is 0 Å². The smallest absolute Gasteiger partial charge is 0.309 e. The Labute approximate surface area is 149 Å². The van der Waals surface area contributed by atoms with Crippen molar-refractivity contribution < 1.29 is 9.53 Å². The van der Waals surface area contributed by atoms with Gasteiger partial charge in [-0.25, -0.2) is 0 Å². The summed E-state index contributed by atoms with van der Waals surface area (Å²) in [4.78, 5) is 12.6. The van der Waals surface area contributed by atoms with Crippen LogP contribution in [0.1, 0.15) is 86.5 Å². The van der Waals surface area contributed by atoms with E-state index in [4.69, 9.17) is 4.74 Å². The molecular formula is C22H38O2. The fourth-order valence-electron chi connectivity index (χ4n) is 5.71. The zero-order valence-electron chi connectivity index (χ0n) is 17.0. The fraction of sp³-hybridized carbons (Fsp3) is 0.864. The highest BCUT2D eigenvalue weighted by molar-refractivity contribution is 5.74. The highest BCUT2D eigenvalue weighted by atomic mass is 16.5. The van der Waals surface area contributed by atoms with E-state index in [-0.39, 0.29) is 17.3 Å². The summed E-state index contributed by atoms with van der Waals surface area (Å²) >= 11 is 0. The van der Waals surface area contributed by atoms with Crippen molar-refractivity contribution in [2.24, 2.45) is 28.6 Å². The second kappa shape index (κ2) is 7.22. The monoisotopic (exact) mass is 334 g/mol. The molecule has 0 amide bonds. The number of fused-ring (bicyclic) bond motifs is 1. The maximum atomic E-state index is 12.6. The molecule has 0 spiro atoms. The van der Waals surface area contributed by atoms with Gasteiger partial charge in [-0.2, -0.15) is 0 Å². The number of hydrogen-bond donors (Lipinski definition) is 0. The molecule has 2 aliphatic rings. The zero-order chi connectivity index (χ0) is 18.1. The molecule has 1 unspecified atom stereocenters. The van der Waals surface area contributed by atoms with Gasteiger partial charge in [-0.3, -0.25) is 4.79 Å². The average Bonchev–Trinajstić information content (AvgIpc) is 2.52. The van der Waals surface area contributed by atoms with Crippen molar-refractivity contribution in [1.82, 2.24) is 0 Å².